The Morgan fingerprint density at radius 2 is 2.14 bits per heavy atom. The predicted octanol–water partition coefficient (Wildman–Crippen LogP) is 0.862. The van der Waals surface area contributed by atoms with Gasteiger partial charge in [-0.1, -0.05) is 6.92 Å². The van der Waals surface area contributed by atoms with E-state index in [9.17, 15) is 13.5 Å². The lowest BCUT2D eigenvalue weighted by atomic mass is 9.94. The SMILES string of the molecule is CCCS(=O)(=O)c1c(N)nsc1NCC1(O)CCOCC1. The first kappa shape index (κ1) is 16.5. The van der Waals surface area contributed by atoms with Crippen molar-refractivity contribution in [1.82, 2.24) is 4.37 Å². The van der Waals surface area contributed by atoms with Crippen LogP contribution in [0.1, 0.15) is 26.2 Å². The molecule has 21 heavy (non-hydrogen) atoms. The van der Waals surface area contributed by atoms with E-state index in [4.69, 9.17) is 10.5 Å². The van der Waals surface area contributed by atoms with Gasteiger partial charge in [0, 0.05) is 32.6 Å². The zero-order valence-corrected chi connectivity index (χ0v) is 13.6. The molecule has 4 N–H and O–H groups in total. The van der Waals surface area contributed by atoms with Crippen molar-refractivity contribution >= 4 is 32.2 Å². The van der Waals surface area contributed by atoms with Crippen molar-refractivity contribution < 1.29 is 18.3 Å². The molecule has 120 valence electrons. The van der Waals surface area contributed by atoms with Gasteiger partial charge >= 0.3 is 0 Å². The summed E-state index contributed by atoms with van der Waals surface area (Å²) < 4.78 is 33.6. The van der Waals surface area contributed by atoms with E-state index >= 15 is 0 Å². The van der Waals surface area contributed by atoms with Crippen LogP contribution in [-0.4, -0.2) is 49.0 Å². The maximum Gasteiger partial charge on any atom is 0.185 e. The zero-order chi connectivity index (χ0) is 15.5. The Balaban J connectivity index is 2.14. The Morgan fingerprint density at radius 3 is 2.76 bits per heavy atom. The van der Waals surface area contributed by atoms with Crippen LogP contribution in [0.4, 0.5) is 10.8 Å². The molecule has 0 spiro atoms. The lowest BCUT2D eigenvalue weighted by Crippen LogP contribution is -2.42. The quantitative estimate of drug-likeness (QED) is 0.706. The number of nitrogens with one attached hydrogen (secondary N) is 1. The molecular formula is C12H21N3O4S2. The molecule has 9 heteroatoms. The predicted molar refractivity (Wildman–Crippen MR) is 82.4 cm³/mol. The number of nitrogens with zero attached hydrogens (tertiary/aromatic N) is 1. The Morgan fingerprint density at radius 1 is 1.48 bits per heavy atom. The van der Waals surface area contributed by atoms with Gasteiger partial charge < -0.3 is 20.9 Å². The second-order valence-electron chi connectivity index (χ2n) is 5.24. The van der Waals surface area contributed by atoms with Crippen LogP contribution in [0.3, 0.4) is 0 Å². The van der Waals surface area contributed by atoms with E-state index in [-0.39, 0.29) is 23.0 Å². The van der Waals surface area contributed by atoms with Gasteiger partial charge in [-0.15, -0.1) is 0 Å². The molecule has 1 aromatic heterocycles. The van der Waals surface area contributed by atoms with Crippen LogP contribution < -0.4 is 11.1 Å². The molecule has 1 saturated heterocycles. The van der Waals surface area contributed by atoms with Gasteiger partial charge in [-0.3, -0.25) is 0 Å². The average molecular weight is 335 g/mol. The third-order valence-corrected chi connectivity index (χ3v) is 6.39. The summed E-state index contributed by atoms with van der Waals surface area (Å²) in [5.41, 5.74) is 4.81. The maximum atomic E-state index is 12.2. The van der Waals surface area contributed by atoms with E-state index in [1.807, 2.05) is 0 Å². The molecule has 2 heterocycles. The van der Waals surface area contributed by atoms with E-state index in [0.717, 1.165) is 11.5 Å². The Labute approximate surface area is 128 Å². The van der Waals surface area contributed by atoms with Crippen LogP contribution in [0.15, 0.2) is 4.90 Å². The number of sulfone groups is 1. The number of anilines is 2. The minimum atomic E-state index is -3.45. The summed E-state index contributed by atoms with van der Waals surface area (Å²) in [5.74, 6) is 0.0532. The Kier molecular flexibility index (Phi) is 5.07. The molecule has 0 aromatic carbocycles. The van der Waals surface area contributed by atoms with Gasteiger partial charge in [-0.2, -0.15) is 4.37 Å². The lowest BCUT2D eigenvalue weighted by Gasteiger charge is -2.32. The average Bonchev–Trinajstić information content (AvgIpc) is 2.79. The first-order chi connectivity index (χ1) is 9.88. The molecule has 7 nitrogen and oxygen atoms in total. The monoisotopic (exact) mass is 335 g/mol. The van der Waals surface area contributed by atoms with Crippen molar-refractivity contribution in [3.8, 4) is 0 Å². The first-order valence-electron chi connectivity index (χ1n) is 6.90. The fourth-order valence-electron chi connectivity index (χ4n) is 2.25. The van der Waals surface area contributed by atoms with Gasteiger partial charge in [-0.25, -0.2) is 8.42 Å². The Hall–Kier alpha value is -0.900. The Bertz CT molecular complexity index is 579. The highest BCUT2D eigenvalue weighted by molar-refractivity contribution is 7.91. The highest BCUT2D eigenvalue weighted by atomic mass is 32.2. The number of hydrogen-bond donors (Lipinski definition) is 3. The van der Waals surface area contributed by atoms with Crippen molar-refractivity contribution in [3.63, 3.8) is 0 Å². The molecular weight excluding hydrogens is 314 g/mol. The molecule has 0 amide bonds. The van der Waals surface area contributed by atoms with Crippen molar-refractivity contribution in [2.24, 2.45) is 0 Å². The molecule has 0 radical (unpaired) electrons. The number of hydrogen-bond acceptors (Lipinski definition) is 8. The topological polar surface area (TPSA) is 115 Å². The van der Waals surface area contributed by atoms with Gasteiger partial charge in [-0.05, 0) is 18.0 Å². The third-order valence-electron chi connectivity index (χ3n) is 3.46. The normalized spacial score (nSPS) is 18.6. The van der Waals surface area contributed by atoms with Crippen LogP contribution in [0.5, 0.6) is 0 Å². The molecule has 1 aromatic rings. The summed E-state index contributed by atoms with van der Waals surface area (Å²) in [6.07, 6.45) is 1.55. The van der Waals surface area contributed by atoms with Crippen molar-refractivity contribution in [2.45, 2.75) is 36.7 Å². The zero-order valence-electron chi connectivity index (χ0n) is 12.0. The lowest BCUT2D eigenvalue weighted by molar-refractivity contribution is -0.0543. The molecule has 0 bridgehead atoms. The number of nitrogen functional groups attached to an aromatic ring is 1. The summed E-state index contributed by atoms with van der Waals surface area (Å²) in [7, 11) is -3.45. The first-order valence-corrected chi connectivity index (χ1v) is 9.32. The van der Waals surface area contributed by atoms with Gasteiger partial charge in [0.15, 0.2) is 15.7 Å². The molecule has 0 aliphatic carbocycles. The number of nitrogens with two attached hydrogens (primary N) is 1. The van der Waals surface area contributed by atoms with Gasteiger partial charge in [0.25, 0.3) is 0 Å². The molecule has 1 aliphatic heterocycles. The highest BCUT2D eigenvalue weighted by Crippen LogP contribution is 2.33. The second-order valence-corrected chi connectivity index (χ2v) is 8.05. The van der Waals surface area contributed by atoms with Crippen LogP contribution in [-0.2, 0) is 14.6 Å². The largest absolute Gasteiger partial charge is 0.388 e. The molecule has 1 aliphatic rings. The minimum absolute atomic E-state index is 0.0231. The summed E-state index contributed by atoms with van der Waals surface area (Å²) in [4.78, 5) is 0.0602. The minimum Gasteiger partial charge on any atom is -0.388 e. The number of aromatic nitrogens is 1. The van der Waals surface area contributed by atoms with E-state index in [2.05, 4.69) is 9.69 Å². The van der Waals surface area contributed by atoms with Gasteiger partial charge in [0.05, 0.1) is 11.4 Å². The fraction of sp³-hybridized carbons (Fsp3) is 0.750. The number of ether oxygens (including phenoxy) is 1. The summed E-state index contributed by atoms with van der Waals surface area (Å²) in [6, 6.07) is 0. The highest BCUT2D eigenvalue weighted by Gasteiger charge is 2.31. The molecule has 2 rings (SSSR count). The molecule has 0 atom stereocenters. The maximum absolute atomic E-state index is 12.2. The smallest absolute Gasteiger partial charge is 0.185 e. The molecule has 0 unspecified atom stereocenters. The van der Waals surface area contributed by atoms with E-state index < -0.39 is 15.4 Å². The third kappa shape index (κ3) is 3.85. The van der Waals surface area contributed by atoms with Crippen LogP contribution in [0, 0.1) is 0 Å². The van der Waals surface area contributed by atoms with E-state index in [1.54, 1.807) is 6.92 Å². The van der Waals surface area contributed by atoms with Crippen molar-refractivity contribution in [1.29, 1.82) is 0 Å². The van der Waals surface area contributed by atoms with Gasteiger partial charge in [0.1, 0.15) is 9.90 Å². The molecule has 1 fully saturated rings. The van der Waals surface area contributed by atoms with E-state index in [1.165, 1.54) is 0 Å². The molecule has 0 saturated carbocycles. The van der Waals surface area contributed by atoms with Gasteiger partial charge in [0.2, 0.25) is 0 Å². The summed E-state index contributed by atoms with van der Waals surface area (Å²) >= 11 is 1.01. The van der Waals surface area contributed by atoms with Crippen molar-refractivity contribution in [3.05, 3.63) is 0 Å². The summed E-state index contributed by atoms with van der Waals surface area (Å²) in [6.45, 7) is 3.06. The summed E-state index contributed by atoms with van der Waals surface area (Å²) in [5, 5.41) is 13.8. The van der Waals surface area contributed by atoms with Crippen LogP contribution in [0.25, 0.3) is 0 Å². The van der Waals surface area contributed by atoms with Crippen molar-refractivity contribution in [2.75, 3.05) is 36.6 Å². The second kappa shape index (κ2) is 6.47. The van der Waals surface area contributed by atoms with Crippen LogP contribution in [0.2, 0.25) is 0 Å². The standard InChI is InChI=1S/C12H21N3O4S2/c1-2-7-21(17,18)9-10(13)15-20-11(9)14-8-12(16)3-5-19-6-4-12/h14,16H,2-8H2,1H3,(H2,13,15). The van der Waals surface area contributed by atoms with Crippen LogP contribution >= 0.6 is 11.5 Å². The van der Waals surface area contributed by atoms with E-state index in [0.29, 0.717) is 37.5 Å². The fourth-order valence-corrected chi connectivity index (χ4v) is 4.87. The number of aliphatic hydroxyl groups is 1. The number of rotatable bonds is 6.